The number of nitrogens with zero attached hydrogens (tertiary/aromatic N) is 3. The summed E-state index contributed by atoms with van der Waals surface area (Å²) in [7, 11) is 0. The van der Waals surface area contributed by atoms with Gasteiger partial charge in [0, 0.05) is 6.54 Å². The van der Waals surface area contributed by atoms with Crippen LogP contribution in [0.15, 0.2) is 0 Å². The van der Waals surface area contributed by atoms with Gasteiger partial charge in [0.25, 0.3) is 0 Å². The lowest BCUT2D eigenvalue weighted by molar-refractivity contribution is -0.149. The molecule has 0 aromatic carbocycles. The molecule has 0 spiro atoms. The van der Waals surface area contributed by atoms with E-state index in [1.165, 1.54) is 0 Å². The van der Waals surface area contributed by atoms with Crippen molar-refractivity contribution in [3.8, 4) is 0 Å². The Morgan fingerprint density at radius 3 is 2.42 bits per heavy atom. The second-order valence-corrected chi connectivity index (χ2v) is 3.41. The highest BCUT2D eigenvalue weighted by Gasteiger charge is 2.13. The maximum Gasteiger partial charge on any atom is 0.325 e. The molecule has 11 nitrogen and oxygen atoms in total. The van der Waals surface area contributed by atoms with Gasteiger partial charge in [-0.15, -0.1) is 0 Å². The van der Waals surface area contributed by atoms with Crippen molar-refractivity contribution in [1.29, 1.82) is 0 Å². The minimum absolute atomic E-state index is 0.00783. The SMILES string of the molecule is NCC(CON)OC(=O)CNc1nc(N)nc(N)n1. The average molecular weight is 272 g/mol. The highest BCUT2D eigenvalue weighted by atomic mass is 16.6. The lowest BCUT2D eigenvalue weighted by Crippen LogP contribution is -2.34. The molecular formula is C8H16N8O3. The Hall–Kier alpha value is -2.24. The van der Waals surface area contributed by atoms with Crippen LogP contribution in [0, 0.1) is 0 Å². The first kappa shape index (κ1) is 14.8. The van der Waals surface area contributed by atoms with Crippen molar-refractivity contribution >= 4 is 23.8 Å². The monoisotopic (exact) mass is 272 g/mol. The van der Waals surface area contributed by atoms with Crippen molar-refractivity contribution < 1.29 is 14.4 Å². The lowest BCUT2D eigenvalue weighted by atomic mass is 10.4. The number of esters is 1. The summed E-state index contributed by atoms with van der Waals surface area (Å²) in [5.74, 6) is 4.24. The van der Waals surface area contributed by atoms with Crippen LogP contribution in [0.25, 0.3) is 0 Å². The van der Waals surface area contributed by atoms with Gasteiger partial charge >= 0.3 is 5.97 Å². The van der Waals surface area contributed by atoms with Crippen LogP contribution in [0.4, 0.5) is 17.8 Å². The maximum atomic E-state index is 11.5. The summed E-state index contributed by atoms with van der Waals surface area (Å²) in [6.45, 7) is -0.0908. The second-order valence-electron chi connectivity index (χ2n) is 3.41. The number of rotatable bonds is 7. The van der Waals surface area contributed by atoms with Crippen molar-refractivity contribution in [3.63, 3.8) is 0 Å². The van der Waals surface area contributed by atoms with E-state index in [2.05, 4.69) is 25.1 Å². The van der Waals surface area contributed by atoms with Crippen LogP contribution in [0.5, 0.6) is 0 Å². The Morgan fingerprint density at radius 2 is 1.89 bits per heavy atom. The van der Waals surface area contributed by atoms with Gasteiger partial charge in [-0.3, -0.25) is 4.79 Å². The van der Waals surface area contributed by atoms with Gasteiger partial charge in [0.15, 0.2) is 0 Å². The molecule has 0 aliphatic carbocycles. The van der Waals surface area contributed by atoms with Gasteiger partial charge in [-0.05, 0) is 0 Å². The van der Waals surface area contributed by atoms with E-state index >= 15 is 0 Å². The van der Waals surface area contributed by atoms with E-state index < -0.39 is 12.1 Å². The van der Waals surface area contributed by atoms with Crippen molar-refractivity contribution in [1.82, 2.24) is 15.0 Å². The van der Waals surface area contributed by atoms with Crippen LogP contribution in [-0.4, -0.2) is 46.7 Å². The summed E-state index contributed by atoms with van der Waals surface area (Å²) in [4.78, 5) is 26.8. The molecule has 11 heteroatoms. The fourth-order valence-electron chi connectivity index (χ4n) is 1.12. The number of carbonyl (C=O) groups excluding carboxylic acids is 1. The first-order valence-electron chi connectivity index (χ1n) is 5.27. The van der Waals surface area contributed by atoms with Gasteiger partial charge in [-0.25, -0.2) is 5.90 Å². The maximum absolute atomic E-state index is 11.5. The predicted octanol–water partition coefficient (Wildman–Crippen LogP) is -2.79. The molecule has 1 atom stereocenters. The minimum atomic E-state index is -0.618. The van der Waals surface area contributed by atoms with Crippen molar-refractivity contribution in [3.05, 3.63) is 0 Å². The van der Waals surface area contributed by atoms with Gasteiger partial charge in [0.2, 0.25) is 17.8 Å². The molecule has 9 N–H and O–H groups in total. The summed E-state index contributed by atoms with van der Waals surface area (Å²) in [6, 6.07) is 0. The van der Waals surface area contributed by atoms with E-state index in [1.807, 2.05) is 0 Å². The molecule has 0 aliphatic rings. The normalized spacial score (nSPS) is 11.9. The van der Waals surface area contributed by atoms with Crippen molar-refractivity contribution in [2.45, 2.75) is 6.10 Å². The van der Waals surface area contributed by atoms with Gasteiger partial charge in [-0.2, -0.15) is 15.0 Å². The van der Waals surface area contributed by atoms with Crippen LogP contribution < -0.4 is 28.4 Å². The number of nitrogens with two attached hydrogens (primary N) is 4. The topological polar surface area (TPSA) is 190 Å². The first-order chi connectivity index (χ1) is 9.05. The van der Waals surface area contributed by atoms with Gasteiger partial charge in [0.1, 0.15) is 19.3 Å². The molecule has 1 heterocycles. The van der Waals surface area contributed by atoms with Crippen LogP contribution >= 0.6 is 0 Å². The summed E-state index contributed by atoms with van der Waals surface area (Å²) >= 11 is 0. The predicted molar refractivity (Wildman–Crippen MR) is 66.2 cm³/mol. The third-order valence-electron chi connectivity index (χ3n) is 1.90. The summed E-state index contributed by atoms with van der Waals surface area (Å²) in [5, 5.41) is 2.59. The summed E-state index contributed by atoms with van der Waals surface area (Å²) in [5.41, 5.74) is 16.1. The highest BCUT2D eigenvalue weighted by Crippen LogP contribution is 2.03. The molecule has 1 aromatic rings. The standard InChI is InChI=1S/C8H16N8O3/c9-1-4(3-18-12)19-5(17)2-13-8-15-6(10)14-7(11)16-8/h4H,1-3,9,12H2,(H5,10,11,13,14,15,16). The zero-order valence-corrected chi connectivity index (χ0v) is 10.1. The quantitative estimate of drug-likeness (QED) is 0.254. The molecule has 1 unspecified atom stereocenters. The fraction of sp³-hybridized carbons (Fsp3) is 0.500. The second kappa shape index (κ2) is 7.25. The third kappa shape index (κ3) is 5.29. The minimum Gasteiger partial charge on any atom is -0.457 e. The molecule has 0 saturated heterocycles. The number of aromatic nitrogens is 3. The highest BCUT2D eigenvalue weighted by molar-refractivity contribution is 5.74. The van der Waals surface area contributed by atoms with E-state index in [1.54, 1.807) is 0 Å². The fourth-order valence-corrected chi connectivity index (χ4v) is 1.12. The van der Waals surface area contributed by atoms with Crippen LogP contribution in [0.3, 0.4) is 0 Å². The van der Waals surface area contributed by atoms with E-state index in [-0.39, 0.29) is 37.5 Å². The molecule has 1 rings (SSSR count). The molecular weight excluding hydrogens is 256 g/mol. The smallest absolute Gasteiger partial charge is 0.325 e. The zero-order chi connectivity index (χ0) is 14.3. The van der Waals surface area contributed by atoms with E-state index in [9.17, 15) is 4.79 Å². The first-order valence-corrected chi connectivity index (χ1v) is 5.27. The Labute approximate surface area is 108 Å². The molecule has 19 heavy (non-hydrogen) atoms. The zero-order valence-electron chi connectivity index (χ0n) is 10.1. The molecule has 1 aromatic heterocycles. The largest absolute Gasteiger partial charge is 0.457 e. The molecule has 0 saturated carbocycles. The molecule has 106 valence electrons. The number of anilines is 3. The van der Waals surface area contributed by atoms with Crippen molar-refractivity contribution in [2.24, 2.45) is 11.6 Å². The average Bonchev–Trinajstić information content (AvgIpc) is 2.34. The van der Waals surface area contributed by atoms with E-state index in [0.29, 0.717) is 0 Å². The molecule has 0 aliphatic heterocycles. The Balaban J connectivity index is 2.45. The van der Waals surface area contributed by atoms with Gasteiger partial charge in [0.05, 0.1) is 0 Å². The number of nitrogen functional groups attached to an aromatic ring is 2. The Bertz CT molecular complexity index is 408. The number of hydrogen-bond acceptors (Lipinski definition) is 11. The summed E-state index contributed by atoms with van der Waals surface area (Å²) in [6.07, 6.45) is -0.618. The van der Waals surface area contributed by atoms with Crippen LogP contribution in [0.2, 0.25) is 0 Å². The lowest BCUT2D eigenvalue weighted by Gasteiger charge is -2.14. The van der Waals surface area contributed by atoms with Gasteiger partial charge in [-0.1, -0.05) is 0 Å². The number of hydrogen-bond donors (Lipinski definition) is 5. The molecule has 0 amide bonds. The molecule has 0 bridgehead atoms. The Kier molecular flexibility index (Phi) is 5.66. The van der Waals surface area contributed by atoms with Crippen LogP contribution in [0.1, 0.15) is 0 Å². The van der Waals surface area contributed by atoms with E-state index in [4.69, 9.17) is 27.8 Å². The number of nitrogens with one attached hydrogen (secondary N) is 1. The third-order valence-corrected chi connectivity index (χ3v) is 1.90. The van der Waals surface area contributed by atoms with Gasteiger partial charge < -0.3 is 32.1 Å². The molecule has 0 fully saturated rings. The van der Waals surface area contributed by atoms with Crippen LogP contribution in [-0.2, 0) is 14.4 Å². The number of ether oxygens (including phenoxy) is 1. The van der Waals surface area contributed by atoms with Crippen molar-refractivity contribution in [2.75, 3.05) is 36.5 Å². The summed E-state index contributed by atoms with van der Waals surface area (Å²) < 4.78 is 4.96. The Morgan fingerprint density at radius 1 is 1.26 bits per heavy atom. The molecule has 0 radical (unpaired) electrons. The van der Waals surface area contributed by atoms with E-state index in [0.717, 1.165) is 0 Å². The number of carbonyl (C=O) groups is 1.